The van der Waals surface area contributed by atoms with Crippen LogP contribution in [-0.4, -0.2) is 229 Å². The first kappa shape index (κ1) is 61.6. The Labute approximate surface area is 444 Å². The van der Waals surface area contributed by atoms with Gasteiger partial charge >= 0.3 is 23.9 Å². The second-order valence-corrected chi connectivity index (χ2v) is 19.2. The summed E-state index contributed by atoms with van der Waals surface area (Å²) in [6.45, 7) is 7.25. The predicted molar refractivity (Wildman–Crippen MR) is 284 cm³/mol. The summed E-state index contributed by atoms with van der Waals surface area (Å²) < 4.78 is 13.1. The molecule has 1 atom stereocenters. The summed E-state index contributed by atoms with van der Waals surface area (Å²) in [7, 11) is 8.48. The number of hydrogen-bond donors (Lipinski definition) is 7. The van der Waals surface area contributed by atoms with E-state index in [1.165, 1.54) is 14.2 Å². The summed E-state index contributed by atoms with van der Waals surface area (Å²) >= 11 is 0. The molecule has 0 aliphatic heterocycles. The molecule has 23 heteroatoms. The lowest BCUT2D eigenvalue weighted by Gasteiger charge is -2.28. The van der Waals surface area contributed by atoms with E-state index >= 15 is 0 Å². The largest absolute Gasteiger partial charge is 0.496 e. The Morgan fingerprint density at radius 2 is 1.30 bits per heavy atom. The number of amides is 3. The van der Waals surface area contributed by atoms with Crippen molar-refractivity contribution in [1.82, 2.24) is 50.2 Å². The highest BCUT2D eigenvalue weighted by atomic mass is 16.5. The molecule has 0 fully saturated rings. The number of carboxylic acids is 4. The fourth-order valence-electron chi connectivity index (χ4n) is 8.85. The molecule has 4 rings (SSSR count). The van der Waals surface area contributed by atoms with Crippen molar-refractivity contribution in [1.29, 1.82) is 0 Å². The summed E-state index contributed by atoms with van der Waals surface area (Å²) in [6.07, 6.45) is 6.32. The smallest absolute Gasteiger partial charge is 0.330 e. The first-order chi connectivity index (χ1) is 36.2. The number of ether oxygens (including phenoxy) is 2. The monoisotopic (exact) mass is 1060 g/mol. The molecule has 1 aliphatic carbocycles. The van der Waals surface area contributed by atoms with Crippen LogP contribution in [0.3, 0.4) is 0 Å². The molecule has 0 radical (unpaired) electrons. The first-order valence-electron chi connectivity index (χ1n) is 25.6. The third-order valence-electron chi connectivity index (χ3n) is 13.0. The molecule has 76 heavy (non-hydrogen) atoms. The number of allylic oxidation sites excluding steroid dienone is 1. The summed E-state index contributed by atoms with van der Waals surface area (Å²) in [5.41, 5.74) is 3.42. The van der Waals surface area contributed by atoms with E-state index < -0.39 is 35.8 Å². The SMILES string of the molecule is COc1cccc(OC)c1-c1cc(C(=O)N[C@H](C(=O)O)C2=CCCCC2)nn1-c1ccc(C(=O)N(C)CCCN(C)CCCN(C)C(=O)CN(CCNCC(=O)O)CCN(CCNCC(=O)O)CC(=O)O)cc1C(C)C. The maximum absolute atomic E-state index is 14.0. The van der Waals surface area contributed by atoms with Crippen molar-refractivity contribution in [3.8, 4) is 28.4 Å². The number of hydrogen-bond acceptors (Lipinski definition) is 15. The van der Waals surface area contributed by atoms with Crippen LogP contribution in [0.25, 0.3) is 16.9 Å². The van der Waals surface area contributed by atoms with Crippen LogP contribution in [-0.2, 0) is 24.0 Å². The van der Waals surface area contributed by atoms with Gasteiger partial charge in [0.2, 0.25) is 5.91 Å². The number of rotatable bonds is 35. The van der Waals surface area contributed by atoms with Gasteiger partial charge < -0.3 is 60.5 Å². The Morgan fingerprint density at radius 1 is 0.711 bits per heavy atom. The van der Waals surface area contributed by atoms with Crippen molar-refractivity contribution < 1.29 is 63.5 Å². The molecular formula is C53H78N10O13. The van der Waals surface area contributed by atoms with Gasteiger partial charge in [-0.25, -0.2) is 9.48 Å². The number of aromatic nitrogens is 2. The van der Waals surface area contributed by atoms with E-state index in [1.54, 1.807) is 69.9 Å². The molecule has 0 saturated carbocycles. The second-order valence-electron chi connectivity index (χ2n) is 19.2. The number of carbonyl (C=O) groups excluding carboxylic acids is 3. The van der Waals surface area contributed by atoms with E-state index in [-0.39, 0.29) is 75.8 Å². The molecule has 0 saturated heterocycles. The highest BCUT2D eigenvalue weighted by Gasteiger charge is 2.30. The van der Waals surface area contributed by atoms with Crippen molar-refractivity contribution in [3.63, 3.8) is 0 Å². The van der Waals surface area contributed by atoms with E-state index in [2.05, 4.69) is 20.9 Å². The average Bonchev–Trinajstić information content (AvgIpc) is 3.83. The topological polar surface area (TPSA) is 289 Å². The molecule has 0 spiro atoms. The van der Waals surface area contributed by atoms with E-state index in [0.717, 1.165) is 24.8 Å². The first-order valence-corrected chi connectivity index (χ1v) is 25.6. The van der Waals surface area contributed by atoms with Crippen molar-refractivity contribution >= 4 is 41.6 Å². The fourth-order valence-corrected chi connectivity index (χ4v) is 8.85. The van der Waals surface area contributed by atoms with Crippen LogP contribution in [0.1, 0.15) is 84.7 Å². The zero-order chi connectivity index (χ0) is 55.9. The number of carboxylic acid groups (broad SMARTS) is 4. The van der Waals surface area contributed by atoms with Gasteiger partial charge in [0, 0.05) is 72.0 Å². The fraction of sp³-hybridized carbons (Fsp3) is 0.547. The summed E-state index contributed by atoms with van der Waals surface area (Å²) in [6, 6.07) is 11.0. The van der Waals surface area contributed by atoms with Crippen molar-refractivity contribution in [3.05, 3.63) is 70.9 Å². The van der Waals surface area contributed by atoms with Crippen LogP contribution in [0, 0.1) is 0 Å². The van der Waals surface area contributed by atoms with Crippen LogP contribution >= 0.6 is 0 Å². The minimum atomic E-state index is -1.21. The van der Waals surface area contributed by atoms with Gasteiger partial charge in [-0.3, -0.25) is 38.6 Å². The Balaban J connectivity index is 1.39. The lowest BCUT2D eigenvalue weighted by Crippen LogP contribution is -2.46. The molecular weight excluding hydrogens is 985 g/mol. The summed E-state index contributed by atoms with van der Waals surface area (Å²) in [5.74, 6) is -4.46. The number of methoxy groups -OCH3 is 2. The Morgan fingerprint density at radius 3 is 1.83 bits per heavy atom. The van der Waals surface area contributed by atoms with E-state index in [9.17, 15) is 43.8 Å². The Bertz CT molecular complexity index is 2460. The predicted octanol–water partition coefficient (Wildman–Crippen LogP) is 2.64. The highest BCUT2D eigenvalue weighted by Crippen LogP contribution is 2.40. The van der Waals surface area contributed by atoms with Crippen molar-refractivity contribution in [2.75, 3.05) is 127 Å². The number of likely N-dealkylation sites (N-methyl/N-ethyl adjacent to an activating group) is 1. The van der Waals surface area contributed by atoms with Crippen LogP contribution in [0.2, 0.25) is 0 Å². The molecule has 7 N–H and O–H groups in total. The number of aliphatic carboxylic acids is 4. The summed E-state index contributed by atoms with van der Waals surface area (Å²) in [5, 5.41) is 50.6. The van der Waals surface area contributed by atoms with Gasteiger partial charge in [0.05, 0.1) is 57.3 Å². The van der Waals surface area contributed by atoms with Gasteiger partial charge in [0.25, 0.3) is 11.8 Å². The zero-order valence-corrected chi connectivity index (χ0v) is 45.0. The van der Waals surface area contributed by atoms with E-state index in [4.69, 9.17) is 24.8 Å². The number of benzene rings is 2. The minimum Gasteiger partial charge on any atom is -0.496 e. The van der Waals surface area contributed by atoms with Crippen molar-refractivity contribution in [2.45, 2.75) is 64.3 Å². The molecule has 0 bridgehead atoms. The van der Waals surface area contributed by atoms with E-state index in [0.29, 0.717) is 98.1 Å². The van der Waals surface area contributed by atoms with E-state index in [1.807, 2.05) is 37.9 Å². The van der Waals surface area contributed by atoms with Gasteiger partial charge in [-0.15, -0.1) is 0 Å². The molecule has 23 nitrogen and oxygen atoms in total. The molecule has 418 valence electrons. The molecule has 3 amide bonds. The standard InChI is InChI=1S/C53H78N10O13/c1-36(2)39-30-38(18-19-41(39)63-42(49-43(75-6)16-11-17-44(49)76-7)31-40(57-63)51(71)56-50(53(73)74)37-14-9-8-10-15-37)52(72)60(5)25-13-23-58(3)22-12-24-59(4)45(64)34-61(26-20-54-32-46(65)66)28-29-62(35-48(69)70)27-21-55-33-47(67)68/h11,14,16-19,30-31,36,50,54-55H,8-10,12-13,15,20-29,32-35H2,1-7H3,(H,56,71)(H,65,66)(H,67,68)(H,69,70)(H,73,74)/t50-/m0/s1. The lowest BCUT2D eigenvalue weighted by molar-refractivity contribution is -0.139. The van der Waals surface area contributed by atoms with Crippen LogP contribution in [0.4, 0.5) is 0 Å². The third-order valence-corrected chi connectivity index (χ3v) is 13.0. The van der Waals surface area contributed by atoms with Gasteiger partial charge in [0.15, 0.2) is 5.69 Å². The van der Waals surface area contributed by atoms with Crippen LogP contribution < -0.4 is 25.4 Å². The molecule has 1 aromatic heterocycles. The van der Waals surface area contributed by atoms with Crippen LogP contribution in [0.5, 0.6) is 11.5 Å². The van der Waals surface area contributed by atoms with Gasteiger partial charge in [-0.05, 0) is 112 Å². The average molecular weight is 1060 g/mol. The highest BCUT2D eigenvalue weighted by molar-refractivity contribution is 5.98. The second kappa shape index (κ2) is 31.2. The molecule has 2 aromatic carbocycles. The molecule has 0 unspecified atom stereocenters. The maximum Gasteiger partial charge on any atom is 0.330 e. The molecule has 3 aromatic rings. The molecule has 1 heterocycles. The van der Waals surface area contributed by atoms with Crippen LogP contribution in [0.15, 0.2) is 54.1 Å². The lowest BCUT2D eigenvalue weighted by atomic mass is 9.94. The van der Waals surface area contributed by atoms with Gasteiger partial charge in [-0.2, -0.15) is 5.10 Å². The maximum atomic E-state index is 14.0. The van der Waals surface area contributed by atoms with Gasteiger partial charge in [-0.1, -0.05) is 26.0 Å². The number of nitrogens with one attached hydrogen (secondary N) is 3. The number of carbonyl (C=O) groups is 7. The number of nitrogens with zero attached hydrogens (tertiary/aromatic N) is 7. The Kier molecular flexibility index (Phi) is 25.3. The molecule has 1 aliphatic rings. The summed E-state index contributed by atoms with van der Waals surface area (Å²) in [4.78, 5) is 96.1. The zero-order valence-electron chi connectivity index (χ0n) is 45.0. The third kappa shape index (κ3) is 19.3. The van der Waals surface area contributed by atoms with Crippen molar-refractivity contribution in [2.24, 2.45) is 0 Å². The quantitative estimate of drug-likeness (QED) is 0.0329. The Hall–Kier alpha value is -6.92. The van der Waals surface area contributed by atoms with Gasteiger partial charge in [0.1, 0.15) is 17.5 Å². The minimum absolute atomic E-state index is 0.0207. The normalized spacial score (nSPS) is 12.9.